The van der Waals surface area contributed by atoms with Crippen molar-refractivity contribution < 1.29 is 19.1 Å². The van der Waals surface area contributed by atoms with E-state index < -0.39 is 23.2 Å². The number of benzene rings is 1. The maximum atomic E-state index is 12.3. The van der Waals surface area contributed by atoms with Gasteiger partial charge < -0.3 is 4.74 Å². The molecule has 0 saturated carbocycles. The van der Waals surface area contributed by atoms with Crippen molar-refractivity contribution in [2.75, 3.05) is 6.61 Å². The fourth-order valence-corrected chi connectivity index (χ4v) is 2.93. The summed E-state index contributed by atoms with van der Waals surface area (Å²) in [5, 5.41) is 0.104. The largest absolute Gasteiger partial charge is 0.464 e. The summed E-state index contributed by atoms with van der Waals surface area (Å²) in [5.41, 5.74) is 0.749. The van der Waals surface area contributed by atoms with E-state index in [1.54, 1.807) is 37.3 Å². The van der Waals surface area contributed by atoms with Gasteiger partial charge in [-0.25, -0.2) is 4.79 Å². The topological polar surface area (TPSA) is 63.7 Å². The predicted molar refractivity (Wildman–Crippen MR) is 85.4 cm³/mol. The molecular formula is C15H14ClNO4S. The Labute approximate surface area is 137 Å². The van der Waals surface area contributed by atoms with Crippen LogP contribution in [0.1, 0.15) is 19.4 Å². The molecule has 0 bridgehead atoms. The van der Waals surface area contributed by atoms with E-state index in [2.05, 4.69) is 0 Å². The summed E-state index contributed by atoms with van der Waals surface area (Å²) >= 11 is 6.61. The van der Waals surface area contributed by atoms with Crippen LogP contribution in [0.4, 0.5) is 4.79 Å². The predicted octanol–water partition coefficient (Wildman–Crippen LogP) is 3.33. The van der Waals surface area contributed by atoms with Gasteiger partial charge in [-0.2, -0.15) is 0 Å². The Morgan fingerprint density at radius 1 is 1.36 bits per heavy atom. The normalized spacial score (nSPS) is 18.0. The molecule has 1 fully saturated rings. The molecule has 2 rings (SSSR count). The SMILES string of the molecule is CCOC(=O)[C@H](C)N1C(=O)S/C(=C/c2ccc(Cl)cc2)C1=O. The Kier molecular flexibility index (Phi) is 5.26. The first kappa shape index (κ1) is 16.6. The van der Waals surface area contributed by atoms with Crippen molar-refractivity contribution in [3.8, 4) is 0 Å². The van der Waals surface area contributed by atoms with Gasteiger partial charge in [0, 0.05) is 5.02 Å². The minimum absolute atomic E-state index is 0.194. The highest BCUT2D eigenvalue weighted by Crippen LogP contribution is 2.33. The molecule has 1 atom stereocenters. The van der Waals surface area contributed by atoms with Crippen molar-refractivity contribution in [1.29, 1.82) is 0 Å². The molecule has 1 aromatic carbocycles. The van der Waals surface area contributed by atoms with Crippen molar-refractivity contribution in [2.45, 2.75) is 19.9 Å². The van der Waals surface area contributed by atoms with Gasteiger partial charge in [-0.3, -0.25) is 14.5 Å². The molecule has 22 heavy (non-hydrogen) atoms. The number of hydrogen-bond acceptors (Lipinski definition) is 5. The van der Waals surface area contributed by atoms with Crippen molar-refractivity contribution in [3.05, 3.63) is 39.8 Å². The molecule has 5 nitrogen and oxygen atoms in total. The first-order valence-electron chi connectivity index (χ1n) is 6.63. The molecule has 0 N–H and O–H groups in total. The van der Waals surface area contributed by atoms with Gasteiger partial charge in [0.1, 0.15) is 6.04 Å². The summed E-state index contributed by atoms with van der Waals surface area (Å²) in [6.45, 7) is 3.33. The highest BCUT2D eigenvalue weighted by atomic mass is 35.5. The molecule has 1 aliphatic heterocycles. The van der Waals surface area contributed by atoms with Crippen LogP contribution in [0.25, 0.3) is 6.08 Å². The van der Waals surface area contributed by atoms with E-state index in [4.69, 9.17) is 16.3 Å². The van der Waals surface area contributed by atoms with E-state index in [-0.39, 0.29) is 11.5 Å². The second-order valence-electron chi connectivity index (χ2n) is 4.53. The summed E-state index contributed by atoms with van der Waals surface area (Å²) in [6, 6.07) is 5.93. The third kappa shape index (κ3) is 3.51. The maximum absolute atomic E-state index is 12.3. The number of rotatable bonds is 4. The molecule has 1 aliphatic rings. The quantitative estimate of drug-likeness (QED) is 0.622. The number of amides is 2. The summed E-state index contributed by atoms with van der Waals surface area (Å²) < 4.78 is 4.85. The van der Waals surface area contributed by atoms with Gasteiger partial charge in [-0.15, -0.1) is 0 Å². The fourth-order valence-electron chi connectivity index (χ4n) is 1.89. The second-order valence-corrected chi connectivity index (χ2v) is 5.96. The Bertz CT molecular complexity index is 641. The van der Waals surface area contributed by atoms with Crippen LogP contribution in [0.3, 0.4) is 0 Å². The van der Waals surface area contributed by atoms with Crippen LogP contribution in [-0.2, 0) is 14.3 Å². The first-order valence-corrected chi connectivity index (χ1v) is 7.82. The van der Waals surface area contributed by atoms with Crippen molar-refractivity contribution in [1.82, 2.24) is 4.90 Å². The molecule has 0 spiro atoms. The third-order valence-corrected chi connectivity index (χ3v) is 4.14. The lowest BCUT2D eigenvalue weighted by atomic mass is 10.2. The van der Waals surface area contributed by atoms with E-state index >= 15 is 0 Å². The number of esters is 1. The Balaban J connectivity index is 2.21. The van der Waals surface area contributed by atoms with Crippen LogP contribution < -0.4 is 0 Å². The van der Waals surface area contributed by atoms with Crippen molar-refractivity contribution in [3.63, 3.8) is 0 Å². The lowest BCUT2D eigenvalue weighted by Crippen LogP contribution is -2.42. The van der Waals surface area contributed by atoms with Gasteiger partial charge >= 0.3 is 5.97 Å². The van der Waals surface area contributed by atoms with Gasteiger partial charge in [0.2, 0.25) is 0 Å². The van der Waals surface area contributed by atoms with Crippen LogP contribution in [0.2, 0.25) is 5.02 Å². The molecule has 2 amide bonds. The van der Waals surface area contributed by atoms with Gasteiger partial charge in [0.05, 0.1) is 11.5 Å². The standard InChI is InChI=1S/C15H14ClNO4S/c1-3-21-14(19)9(2)17-13(18)12(22-15(17)20)8-10-4-6-11(16)7-5-10/h4-9H,3H2,1-2H3/b12-8+/t9-/m0/s1. The molecule has 0 radical (unpaired) electrons. The molecule has 0 unspecified atom stereocenters. The van der Waals surface area contributed by atoms with Crippen LogP contribution in [-0.4, -0.2) is 34.7 Å². The number of ether oxygens (including phenoxy) is 1. The summed E-state index contributed by atoms with van der Waals surface area (Å²) in [6.07, 6.45) is 1.60. The third-order valence-electron chi connectivity index (χ3n) is 3.01. The van der Waals surface area contributed by atoms with Gasteiger partial charge in [0.25, 0.3) is 11.1 Å². The van der Waals surface area contributed by atoms with E-state index in [0.29, 0.717) is 5.02 Å². The monoisotopic (exact) mass is 339 g/mol. The number of imide groups is 1. The highest BCUT2D eigenvalue weighted by Gasteiger charge is 2.41. The van der Waals surface area contributed by atoms with Crippen molar-refractivity contribution >= 4 is 46.6 Å². The maximum Gasteiger partial charge on any atom is 0.329 e. The number of halogens is 1. The molecule has 0 aliphatic carbocycles. The zero-order valence-electron chi connectivity index (χ0n) is 12.0. The average molecular weight is 340 g/mol. The number of carbonyl (C=O) groups excluding carboxylic acids is 3. The van der Waals surface area contributed by atoms with Crippen LogP contribution in [0, 0.1) is 0 Å². The molecule has 1 saturated heterocycles. The van der Waals surface area contributed by atoms with Crippen LogP contribution in [0.15, 0.2) is 29.2 Å². The number of hydrogen-bond donors (Lipinski definition) is 0. The van der Waals surface area contributed by atoms with E-state index in [1.807, 2.05) is 0 Å². The fraction of sp³-hybridized carbons (Fsp3) is 0.267. The lowest BCUT2D eigenvalue weighted by molar-refractivity contribution is -0.150. The van der Waals surface area contributed by atoms with E-state index in [1.165, 1.54) is 6.92 Å². The minimum atomic E-state index is -0.941. The minimum Gasteiger partial charge on any atom is -0.464 e. The Hall–Kier alpha value is -1.79. The molecule has 1 heterocycles. The molecule has 116 valence electrons. The molecule has 7 heteroatoms. The molecule has 0 aromatic heterocycles. The number of nitrogens with zero attached hydrogens (tertiary/aromatic N) is 1. The smallest absolute Gasteiger partial charge is 0.329 e. The van der Waals surface area contributed by atoms with Crippen molar-refractivity contribution in [2.24, 2.45) is 0 Å². The molecule has 1 aromatic rings. The van der Waals surface area contributed by atoms with Crippen LogP contribution in [0.5, 0.6) is 0 Å². The van der Waals surface area contributed by atoms with Gasteiger partial charge in [-0.05, 0) is 49.4 Å². The average Bonchev–Trinajstić information content (AvgIpc) is 2.75. The summed E-state index contributed by atoms with van der Waals surface area (Å²) in [7, 11) is 0. The van der Waals surface area contributed by atoms with E-state index in [9.17, 15) is 14.4 Å². The number of carbonyl (C=O) groups is 3. The Morgan fingerprint density at radius 2 is 2.00 bits per heavy atom. The Morgan fingerprint density at radius 3 is 2.59 bits per heavy atom. The van der Waals surface area contributed by atoms with Gasteiger partial charge in [0.15, 0.2) is 0 Å². The second kappa shape index (κ2) is 6.98. The zero-order valence-corrected chi connectivity index (χ0v) is 13.6. The lowest BCUT2D eigenvalue weighted by Gasteiger charge is -2.19. The first-order chi connectivity index (χ1) is 10.4. The molecular weight excluding hydrogens is 326 g/mol. The zero-order chi connectivity index (χ0) is 16.3. The highest BCUT2D eigenvalue weighted by molar-refractivity contribution is 8.18. The van der Waals surface area contributed by atoms with E-state index in [0.717, 1.165) is 22.2 Å². The number of thioether (sulfide) groups is 1. The van der Waals surface area contributed by atoms with Gasteiger partial charge in [-0.1, -0.05) is 23.7 Å². The van der Waals surface area contributed by atoms with Crippen LogP contribution >= 0.6 is 23.4 Å². The summed E-state index contributed by atoms with van der Waals surface area (Å²) in [5.74, 6) is -1.09. The summed E-state index contributed by atoms with van der Waals surface area (Å²) in [4.78, 5) is 37.2.